The van der Waals surface area contributed by atoms with Gasteiger partial charge in [-0.3, -0.25) is 4.57 Å². The molecule has 0 aromatic carbocycles. The molecule has 10 heteroatoms. The van der Waals surface area contributed by atoms with Crippen LogP contribution in [-0.4, -0.2) is 67.3 Å². The molecular formula is C16H19FN6O3. The summed E-state index contributed by atoms with van der Waals surface area (Å²) in [6, 6.07) is 0.354. The summed E-state index contributed by atoms with van der Waals surface area (Å²) in [6.45, 7) is -0.579. The number of halogens is 1. The molecule has 2 aromatic rings. The number of aliphatic hydroxyl groups is 2. The quantitative estimate of drug-likeness (QED) is 0.628. The van der Waals surface area contributed by atoms with Crippen molar-refractivity contribution in [2.24, 2.45) is 0 Å². The van der Waals surface area contributed by atoms with E-state index >= 15 is 4.39 Å². The molecule has 0 amide bonds. The molecule has 3 heterocycles. The molecule has 1 saturated heterocycles. The predicted octanol–water partition coefficient (Wildman–Crippen LogP) is -0.401. The van der Waals surface area contributed by atoms with Crippen LogP contribution in [0.4, 0.5) is 16.2 Å². The third-order valence-electron chi connectivity index (χ3n) is 4.95. The standard InChI is InChI=1S/C16H19FN6O3/c1-3-16(17)11(25)9(6-24)26-14(16)23-7-19-10-12(22(2)8-4-5-8)20-15(18)21-13(10)23/h1,7-9,11,14,24-25H,4-6H2,2H3,(H2,18,20,21)/t9?,11-,14-,16-/m1/s1. The third kappa shape index (κ3) is 2.32. The largest absolute Gasteiger partial charge is 0.394 e. The monoisotopic (exact) mass is 362 g/mol. The zero-order valence-electron chi connectivity index (χ0n) is 14.1. The maximum Gasteiger partial charge on any atom is 0.243 e. The van der Waals surface area contributed by atoms with Crippen LogP contribution in [0.15, 0.2) is 6.33 Å². The first-order valence-corrected chi connectivity index (χ1v) is 8.24. The second-order valence-corrected chi connectivity index (χ2v) is 6.64. The van der Waals surface area contributed by atoms with E-state index in [4.69, 9.17) is 16.9 Å². The van der Waals surface area contributed by atoms with Gasteiger partial charge in [0.2, 0.25) is 11.6 Å². The van der Waals surface area contributed by atoms with Crippen LogP contribution in [0.3, 0.4) is 0 Å². The minimum absolute atomic E-state index is 0.00386. The van der Waals surface area contributed by atoms with Gasteiger partial charge in [-0.15, -0.1) is 6.42 Å². The number of fused-ring (bicyclic) bond motifs is 1. The van der Waals surface area contributed by atoms with Crippen molar-refractivity contribution in [1.29, 1.82) is 0 Å². The minimum Gasteiger partial charge on any atom is -0.394 e. The Hall–Kier alpha value is -2.48. The number of nitrogens with zero attached hydrogens (tertiary/aromatic N) is 5. The molecule has 2 aromatic heterocycles. The Bertz CT molecular complexity index is 894. The van der Waals surface area contributed by atoms with Crippen LogP contribution in [0.2, 0.25) is 0 Å². The summed E-state index contributed by atoms with van der Waals surface area (Å²) in [4.78, 5) is 14.7. The van der Waals surface area contributed by atoms with Gasteiger partial charge in [0.1, 0.15) is 12.2 Å². The number of rotatable bonds is 4. The van der Waals surface area contributed by atoms with Crippen LogP contribution < -0.4 is 10.6 Å². The minimum atomic E-state index is -2.55. The van der Waals surface area contributed by atoms with Crippen molar-refractivity contribution in [3.63, 3.8) is 0 Å². The number of terminal acetylenes is 1. The van der Waals surface area contributed by atoms with Gasteiger partial charge in [-0.25, -0.2) is 9.37 Å². The van der Waals surface area contributed by atoms with Crippen LogP contribution >= 0.6 is 0 Å². The molecule has 4 rings (SSSR count). The van der Waals surface area contributed by atoms with Crippen molar-refractivity contribution in [2.75, 3.05) is 24.3 Å². The van der Waals surface area contributed by atoms with E-state index in [1.165, 1.54) is 10.9 Å². The zero-order valence-corrected chi connectivity index (χ0v) is 14.1. The Morgan fingerprint density at radius 1 is 1.54 bits per heavy atom. The number of hydrogen-bond donors (Lipinski definition) is 3. The van der Waals surface area contributed by atoms with Gasteiger partial charge in [-0.05, 0) is 12.8 Å². The van der Waals surface area contributed by atoms with Crippen molar-refractivity contribution in [3.05, 3.63) is 6.33 Å². The van der Waals surface area contributed by atoms with Crippen LogP contribution in [0.5, 0.6) is 0 Å². The molecule has 4 N–H and O–H groups in total. The molecule has 1 aliphatic carbocycles. The fourth-order valence-corrected chi connectivity index (χ4v) is 3.29. The Kier molecular flexibility index (Phi) is 3.76. The number of hydrogen-bond acceptors (Lipinski definition) is 8. The first-order valence-electron chi connectivity index (χ1n) is 8.24. The summed E-state index contributed by atoms with van der Waals surface area (Å²) in [5.41, 5.74) is 3.96. The second kappa shape index (κ2) is 5.77. The molecule has 0 spiro atoms. The van der Waals surface area contributed by atoms with Gasteiger partial charge in [-0.2, -0.15) is 9.97 Å². The Morgan fingerprint density at radius 2 is 2.27 bits per heavy atom. The molecule has 4 atom stereocenters. The lowest BCUT2D eigenvalue weighted by molar-refractivity contribution is -0.0504. The summed E-state index contributed by atoms with van der Waals surface area (Å²) < 4.78 is 22.0. The summed E-state index contributed by atoms with van der Waals surface area (Å²) in [6.07, 6.45) is 4.49. The number of aliphatic hydroxyl groups excluding tert-OH is 2. The molecule has 9 nitrogen and oxygen atoms in total. The molecule has 26 heavy (non-hydrogen) atoms. The molecule has 1 saturated carbocycles. The lowest BCUT2D eigenvalue weighted by Gasteiger charge is -2.24. The van der Waals surface area contributed by atoms with Crippen LogP contribution in [0, 0.1) is 12.3 Å². The lowest BCUT2D eigenvalue weighted by atomic mass is 9.97. The Morgan fingerprint density at radius 3 is 2.88 bits per heavy atom. The van der Waals surface area contributed by atoms with E-state index in [2.05, 4.69) is 15.0 Å². The first-order chi connectivity index (χ1) is 12.4. The summed E-state index contributed by atoms with van der Waals surface area (Å²) in [5, 5.41) is 19.5. The topological polar surface area (TPSA) is 123 Å². The van der Waals surface area contributed by atoms with Crippen molar-refractivity contribution >= 4 is 22.9 Å². The van der Waals surface area contributed by atoms with E-state index in [0.29, 0.717) is 17.4 Å². The molecule has 2 aliphatic rings. The predicted molar refractivity (Wildman–Crippen MR) is 90.8 cm³/mol. The van der Waals surface area contributed by atoms with E-state index in [1.807, 2.05) is 17.9 Å². The number of imidazole rings is 1. The number of ether oxygens (including phenoxy) is 1. The van der Waals surface area contributed by atoms with E-state index in [1.54, 1.807) is 0 Å². The van der Waals surface area contributed by atoms with Crippen molar-refractivity contribution < 1.29 is 19.3 Å². The van der Waals surface area contributed by atoms with Crippen LogP contribution in [0.1, 0.15) is 19.1 Å². The highest BCUT2D eigenvalue weighted by Gasteiger charge is 2.57. The first kappa shape index (κ1) is 17.0. The van der Waals surface area contributed by atoms with Crippen molar-refractivity contribution in [2.45, 2.75) is 43.0 Å². The molecule has 1 unspecified atom stereocenters. The number of aromatic nitrogens is 4. The van der Waals surface area contributed by atoms with Gasteiger partial charge in [0.05, 0.1) is 12.9 Å². The van der Waals surface area contributed by atoms with Gasteiger partial charge in [0.25, 0.3) is 0 Å². The number of nitrogens with two attached hydrogens (primary N) is 1. The van der Waals surface area contributed by atoms with Crippen LogP contribution in [0.25, 0.3) is 11.2 Å². The summed E-state index contributed by atoms with van der Waals surface area (Å²) >= 11 is 0. The van der Waals surface area contributed by atoms with Gasteiger partial charge >= 0.3 is 0 Å². The van der Waals surface area contributed by atoms with Gasteiger partial charge in [0.15, 0.2) is 23.2 Å². The number of anilines is 2. The van der Waals surface area contributed by atoms with E-state index < -0.39 is 30.7 Å². The second-order valence-electron chi connectivity index (χ2n) is 6.64. The number of nitrogen functional groups attached to an aromatic ring is 1. The van der Waals surface area contributed by atoms with Gasteiger partial charge < -0.3 is 25.6 Å². The maximum atomic E-state index is 15.3. The summed E-state index contributed by atoms with van der Waals surface area (Å²) in [7, 11) is 1.89. The maximum absolute atomic E-state index is 15.3. The highest BCUT2D eigenvalue weighted by atomic mass is 19.1. The third-order valence-corrected chi connectivity index (χ3v) is 4.95. The van der Waals surface area contributed by atoms with Crippen molar-refractivity contribution in [3.8, 4) is 12.3 Å². The van der Waals surface area contributed by atoms with Gasteiger partial charge in [0, 0.05) is 13.1 Å². The number of alkyl halides is 1. The molecule has 0 radical (unpaired) electrons. The Labute approximate surface area is 148 Å². The molecule has 0 bridgehead atoms. The van der Waals surface area contributed by atoms with E-state index in [9.17, 15) is 10.2 Å². The lowest BCUT2D eigenvalue weighted by Crippen LogP contribution is -2.42. The smallest absolute Gasteiger partial charge is 0.243 e. The Balaban J connectivity index is 1.84. The molecule has 138 valence electrons. The van der Waals surface area contributed by atoms with Gasteiger partial charge in [-0.1, -0.05) is 5.92 Å². The zero-order chi connectivity index (χ0) is 18.6. The SMILES string of the molecule is C#C[C@@]1(F)[C@H](O)C(CO)O[C@H]1n1cnc2c(N(C)C3CC3)nc(N)nc21. The highest BCUT2D eigenvalue weighted by Crippen LogP contribution is 2.43. The molecular weight excluding hydrogens is 343 g/mol. The fraction of sp³-hybridized carbons (Fsp3) is 0.562. The van der Waals surface area contributed by atoms with E-state index in [0.717, 1.165) is 12.8 Å². The summed E-state index contributed by atoms with van der Waals surface area (Å²) in [5.74, 6) is 2.49. The average molecular weight is 362 g/mol. The molecule has 2 fully saturated rings. The molecule has 1 aliphatic heterocycles. The van der Waals surface area contributed by atoms with E-state index in [-0.39, 0.29) is 11.6 Å². The van der Waals surface area contributed by atoms with Crippen molar-refractivity contribution in [1.82, 2.24) is 19.5 Å². The van der Waals surface area contributed by atoms with Crippen LogP contribution in [-0.2, 0) is 4.74 Å². The average Bonchev–Trinajstić information content (AvgIpc) is 3.36. The highest BCUT2D eigenvalue weighted by molar-refractivity contribution is 5.85. The fourth-order valence-electron chi connectivity index (χ4n) is 3.29. The normalized spacial score (nSPS) is 31.3.